The number of fused-ring (bicyclic) bond motifs is 5. The van der Waals surface area contributed by atoms with Gasteiger partial charge in [-0.2, -0.15) is 0 Å². The van der Waals surface area contributed by atoms with Crippen LogP contribution in [0.4, 0.5) is 0 Å². The number of esters is 1. The Morgan fingerprint density at radius 1 is 1.15 bits per heavy atom. The maximum absolute atomic E-state index is 12.5. The van der Waals surface area contributed by atoms with Crippen LogP contribution >= 0.6 is 0 Å². The molecular weight excluding hydrogens is 496 g/mol. The number of hydrogen-bond donors (Lipinski definition) is 2. The number of oxime groups is 1. The molecule has 9 nitrogen and oxygen atoms in total. The van der Waals surface area contributed by atoms with Gasteiger partial charge in [-0.15, -0.1) is 0 Å². The second-order valence-corrected chi connectivity index (χ2v) is 12.6. The molecule has 0 saturated heterocycles. The van der Waals surface area contributed by atoms with Crippen molar-refractivity contribution in [1.29, 1.82) is 0 Å². The van der Waals surface area contributed by atoms with Crippen molar-refractivity contribution in [3.8, 4) is 0 Å². The van der Waals surface area contributed by atoms with E-state index in [1.165, 1.54) is 38.3 Å². The van der Waals surface area contributed by atoms with Crippen LogP contribution in [0.25, 0.3) is 0 Å². The Labute approximate surface area is 230 Å². The molecule has 212 valence electrons. The molecule has 2 N–H and O–H groups in total. The summed E-state index contributed by atoms with van der Waals surface area (Å²) in [5, 5.41) is 6.97. The molecule has 1 aromatic rings. The lowest BCUT2D eigenvalue weighted by Gasteiger charge is -2.58. The SMILES string of the molecule is COC(=O)[C@H](Cc1cnc[nH]1)NC(=O)CO/N=C1/C=C2CC[C@@H]3[C@@H]4CC[C@H](C(C)=O)[C@@]4(C)CC[C@@H]3[C@@]2(C)CC1. The summed E-state index contributed by atoms with van der Waals surface area (Å²) in [5.74, 6) is 1.65. The Hall–Kier alpha value is -2.97. The quantitative estimate of drug-likeness (QED) is 0.379. The molecule has 0 bridgehead atoms. The van der Waals surface area contributed by atoms with E-state index < -0.39 is 17.9 Å². The van der Waals surface area contributed by atoms with Crippen LogP contribution in [0, 0.1) is 34.5 Å². The number of imidazole rings is 1. The average Bonchev–Trinajstić information content (AvgIpc) is 3.55. The molecule has 0 unspecified atom stereocenters. The van der Waals surface area contributed by atoms with Crippen LogP contribution in [0.3, 0.4) is 0 Å². The Morgan fingerprint density at radius 2 is 1.97 bits per heavy atom. The molecule has 4 aliphatic carbocycles. The fraction of sp³-hybridized carbons (Fsp3) is 0.700. The lowest BCUT2D eigenvalue weighted by molar-refractivity contribution is -0.145. The highest BCUT2D eigenvalue weighted by Gasteiger charge is 2.59. The van der Waals surface area contributed by atoms with Crippen molar-refractivity contribution in [2.45, 2.75) is 84.6 Å². The zero-order chi connectivity index (χ0) is 27.8. The minimum absolute atomic E-state index is 0.162. The van der Waals surface area contributed by atoms with Gasteiger partial charge in [0, 0.05) is 24.2 Å². The number of ether oxygens (including phenoxy) is 1. The van der Waals surface area contributed by atoms with Gasteiger partial charge in [0.1, 0.15) is 11.8 Å². The summed E-state index contributed by atoms with van der Waals surface area (Å²) in [4.78, 5) is 49.3. The predicted molar refractivity (Wildman–Crippen MR) is 145 cm³/mol. The van der Waals surface area contributed by atoms with Crippen LogP contribution in [-0.4, -0.2) is 53.1 Å². The number of hydrogen-bond acceptors (Lipinski definition) is 7. The summed E-state index contributed by atoms with van der Waals surface area (Å²) in [6, 6.07) is -0.838. The molecule has 4 aliphatic rings. The van der Waals surface area contributed by atoms with Gasteiger partial charge in [0.2, 0.25) is 0 Å². The number of amides is 1. The molecular formula is C30H42N4O5. The van der Waals surface area contributed by atoms with E-state index in [-0.39, 0.29) is 29.8 Å². The van der Waals surface area contributed by atoms with Gasteiger partial charge in [-0.1, -0.05) is 24.6 Å². The highest BCUT2D eigenvalue weighted by atomic mass is 16.6. The number of methoxy groups -OCH3 is 1. The number of carbonyl (C=O) groups is 3. The molecule has 1 amide bonds. The Morgan fingerprint density at radius 3 is 2.69 bits per heavy atom. The first-order valence-electron chi connectivity index (χ1n) is 14.4. The van der Waals surface area contributed by atoms with Crippen molar-refractivity contribution >= 4 is 23.4 Å². The Balaban J connectivity index is 1.19. The number of aromatic nitrogens is 2. The lowest BCUT2D eigenvalue weighted by Crippen LogP contribution is -2.51. The third-order valence-electron chi connectivity index (χ3n) is 10.6. The largest absolute Gasteiger partial charge is 0.467 e. The van der Waals surface area contributed by atoms with Gasteiger partial charge in [-0.3, -0.25) is 9.59 Å². The normalized spacial score (nSPS) is 35.2. The minimum atomic E-state index is -0.838. The molecule has 7 atom stereocenters. The van der Waals surface area contributed by atoms with E-state index in [0.29, 0.717) is 29.2 Å². The summed E-state index contributed by atoms with van der Waals surface area (Å²) in [6.07, 6.45) is 14.2. The molecule has 0 aromatic carbocycles. The van der Waals surface area contributed by atoms with Gasteiger partial charge in [-0.25, -0.2) is 9.78 Å². The van der Waals surface area contributed by atoms with E-state index in [9.17, 15) is 14.4 Å². The van der Waals surface area contributed by atoms with Crippen molar-refractivity contribution in [3.63, 3.8) is 0 Å². The van der Waals surface area contributed by atoms with Gasteiger partial charge >= 0.3 is 5.97 Å². The van der Waals surface area contributed by atoms with E-state index in [1.54, 1.807) is 13.1 Å². The molecule has 1 aromatic heterocycles. The molecule has 0 spiro atoms. The minimum Gasteiger partial charge on any atom is -0.467 e. The molecule has 9 heteroatoms. The number of carbonyl (C=O) groups excluding carboxylic acids is 3. The number of nitrogens with zero attached hydrogens (tertiary/aromatic N) is 2. The first-order valence-corrected chi connectivity index (χ1v) is 14.4. The maximum Gasteiger partial charge on any atom is 0.328 e. The monoisotopic (exact) mass is 538 g/mol. The number of Topliss-reactive ketones (excluding diaryl/α,β-unsaturated/α-hetero) is 1. The van der Waals surface area contributed by atoms with Crippen LogP contribution in [0.1, 0.15) is 77.8 Å². The van der Waals surface area contributed by atoms with Crippen molar-refractivity contribution < 1.29 is 24.0 Å². The van der Waals surface area contributed by atoms with Gasteiger partial charge < -0.3 is 19.9 Å². The zero-order valence-electron chi connectivity index (χ0n) is 23.6. The average molecular weight is 539 g/mol. The van der Waals surface area contributed by atoms with E-state index in [2.05, 4.69) is 40.4 Å². The maximum atomic E-state index is 12.5. The second kappa shape index (κ2) is 10.9. The highest BCUT2D eigenvalue weighted by molar-refractivity contribution is 5.96. The standard InChI is InChI=1S/C30H42N4O5/c1-18(35)23-7-8-24-22-6-5-19-13-20(9-11-29(19,2)25(22)10-12-30(23,24)3)34-39-16-27(36)33-26(28(37)38-4)14-21-15-31-17-32-21/h13,15,17,22-26H,5-12,14,16H2,1-4H3,(H,31,32)(H,33,36)/b34-20+/t22-,23-,24+,25+,26+,29+,30-/m1/s1. The number of aromatic amines is 1. The van der Waals surface area contributed by atoms with Crippen LogP contribution < -0.4 is 5.32 Å². The summed E-state index contributed by atoms with van der Waals surface area (Å²) < 4.78 is 4.82. The Kier molecular flexibility index (Phi) is 7.71. The summed E-state index contributed by atoms with van der Waals surface area (Å²) in [6.45, 7) is 6.35. The first-order chi connectivity index (χ1) is 18.7. The summed E-state index contributed by atoms with van der Waals surface area (Å²) >= 11 is 0. The third-order valence-corrected chi connectivity index (χ3v) is 10.6. The summed E-state index contributed by atoms with van der Waals surface area (Å²) in [7, 11) is 1.29. The fourth-order valence-electron chi connectivity index (χ4n) is 8.67. The second-order valence-electron chi connectivity index (χ2n) is 12.6. The number of ketones is 1. The molecule has 5 rings (SSSR count). The van der Waals surface area contributed by atoms with Gasteiger partial charge in [-0.05, 0) is 93.0 Å². The molecule has 0 radical (unpaired) electrons. The molecule has 0 aliphatic heterocycles. The van der Waals surface area contributed by atoms with Crippen molar-refractivity contribution in [3.05, 3.63) is 29.9 Å². The van der Waals surface area contributed by atoms with Crippen LogP contribution in [0.15, 0.2) is 29.3 Å². The van der Waals surface area contributed by atoms with E-state index in [1.807, 2.05) is 0 Å². The highest BCUT2D eigenvalue weighted by Crippen LogP contribution is 2.66. The smallest absolute Gasteiger partial charge is 0.328 e. The van der Waals surface area contributed by atoms with Crippen LogP contribution in [0.2, 0.25) is 0 Å². The third kappa shape index (κ3) is 5.16. The zero-order valence-corrected chi connectivity index (χ0v) is 23.6. The number of allylic oxidation sites excluding steroid dienone is 2. The molecule has 39 heavy (non-hydrogen) atoms. The summed E-state index contributed by atoms with van der Waals surface area (Å²) in [5.41, 5.74) is 3.37. The molecule has 3 fully saturated rings. The van der Waals surface area contributed by atoms with E-state index in [4.69, 9.17) is 9.57 Å². The fourth-order valence-corrected chi connectivity index (χ4v) is 8.67. The topological polar surface area (TPSA) is 123 Å². The van der Waals surface area contributed by atoms with Crippen molar-refractivity contribution in [2.75, 3.05) is 13.7 Å². The van der Waals surface area contributed by atoms with Crippen LogP contribution in [0.5, 0.6) is 0 Å². The number of H-pyrrole nitrogens is 1. The number of rotatable bonds is 8. The lowest BCUT2D eigenvalue weighted by atomic mass is 9.46. The predicted octanol–water partition coefficient (Wildman–Crippen LogP) is 4.15. The van der Waals surface area contributed by atoms with Crippen LogP contribution in [-0.2, 0) is 30.4 Å². The van der Waals surface area contributed by atoms with Crippen molar-refractivity contribution in [1.82, 2.24) is 15.3 Å². The Bertz CT molecular complexity index is 1160. The van der Waals surface area contributed by atoms with Crippen molar-refractivity contribution in [2.24, 2.45) is 39.7 Å². The molecule has 3 saturated carbocycles. The number of nitrogens with one attached hydrogen (secondary N) is 2. The van der Waals surface area contributed by atoms with Gasteiger partial charge in [0.05, 0.1) is 19.1 Å². The van der Waals surface area contributed by atoms with E-state index >= 15 is 0 Å². The van der Waals surface area contributed by atoms with E-state index in [0.717, 1.165) is 37.8 Å². The molecule has 1 heterocycles. The first kappa shape index (κ1) is 27.6. The van der Waals surface area contributed by atoms with Gasteiger partial charge in [0.25, 0.3) is 5.91 Å². The van der Waals surface area contributed by atoms with Gasteiger partial charge in [0.15, 0.2) is 6.61 Å².